The van der Waals surface area contributed by atoms with Crippen molar-refractivity contribution in [3.05, 3.63) is 114 Å². The molecule has 165 valence electrons. The Morgan fingerprint density at radius 2 is 1.48 bits per heavy atom. The van der Waals surface area contributed by atoms with Gasteiger partial charge in [-0.3, -0.25) is 4.98 Å². The van der Waals surface area contributed by atoms with Crippen LogP contribution < -0.4 is 0 Å². The zero-order valence-electron chi connectivity index (χ0n) is 18.5. The van der Waals surface area contributed by atoms with E-state index in [1.165, 1.54) is 16.7 Å². The van der Waals surface area contributed by atoms with Gasteiger partial charge in [0.1, 0.15) is 0 Å². The first-order valence-electron chi connectivity index (χ1n) is 10.7. The van der Waals surface area contributed by atoms with E-state index in [2.05, 4.69) is 58.9 Å². The van der Waals surface area contributed by atoms with Gasteiger partial charge < -0.3 is 9.55 Å². The van der Waals surface area contributed by atoms with Crippen LogP contribution >= 0.6 is 0 Å². The Morgan fingerprint density at radius 1 is 0.758 bits per heavy atom. The van der Waals surface area contributed by atoms with Gasteiger partial charge in [-0.25, -0.2) is 0 Å². The van der Waals surface area contributed by atoms with Crippen molar-refractivity contribution in [3.63, 3.8) is 0 Å². The van der Waals surface area contributed by atoms with Crippen molar-refractivity contribution in [2.45, 2.75) is 20.4 Å². The molecule has 0 saturated carbocycles. The zero-order chi connectivity index (χ0) is 21.9. The third-order valence-electron chi connectivity index (χ3n) is 5.43. The van der Waals surface area contributed by atoms with Gasteiger partial charge >= 0.3 is 0 Å². The average Bonchev–Trinajstić information content (AvgIpc) is 3.20. The standard InChI is InChI=1S/C17H13N2.C12H10N.Ir/c1-12-10-14-8-5-9-15-16(14)19(11-12)17(18-15)13-6-3-2-4-7-13;1-10-6-5-9-12(13-10)11-7-3-2-4-8-11;/h2-6,8-10H,11H2,1H3;2-7,9H,1H3;/q2*-1;. The van der Waals surface area contributed by atoms with Crippen LogP contribution in [0.4, 0.5) is 0 Å². The van der Waals surface area contributed by atoms with Crippen molar-refractivity contribution >= 4 is 17.1 Å². The third kappa shape index (κ3) is 4.88. The second-order valence-electron chi connectivity index (χ2n) is 7.94. The van der Waals surface area contributed by atoms with Crippen molar-refractivity contribution in [2.24, 2.45) is 0 Å². The van der Waals surface area contributed by atoms with E-state index < -0.39 is 0 Å². The maximum atomic E-state index is 4.79. The number of aromatic nitrogens is 3. The Balaban J connectivity index is 0.000000164. The first-order valence-corrected chi connectivity index (χ1v) is 10.7. The molecule has 3 heterocycles. The van der Waals surface area contributed by atoms with Gasteiger partial charge in [0.25, 0.3) is 0 Å². The fourth-order valence-electron chi connectivity index (χ4n) is 4.03. The van der Waals surface area contributed by atoms with E-state index in [9.17, 15) is 0 Å². The van der Waals surface area contributed by atoms with E-state index in [0.29, 0.717) is 0 Å². The Labute approximate surface area is 208 Å². The summed E-state index contributed by atoms with van der Waals surface area (Å²) in [5.41, 5.74) is 9.04. The summed E-state index contributed by atoms with van der Waals surface area (Å²) in [5, 5.41) is 0. The van der Waals surface area contributed by atoms with Crippen molar-refractivity contribution in [1.29, 1.82) is 0 Å². The average molecular weight is 606 g/mol. The molecule has 3 aromatic carbocycles. The molecule has 6 rings (SSSR count). The maximum Gasteiger partial charge on any atom is 0.0777 e. The molecule has 0 N–H and O–H groups in total. The quantitative estimate of drug-likeness (QED) is 0.208. The van der Waals surface area contributed by atoms with Crippen molar-refractivity contribution in [2.75, 3.05) is 0 Å². The summed E-state index contributed by atoms with van der Waals surface area (Å²) >= 11 is 0. The van der Waals surface area contributed by atoms with Crippen LogP contribution in [0.1, 0.15) is 18.2 Å². The fourth-order valence-corrected chi connectivity index (χ4v) is 4.03. The normalized spacial score (nSPS) is 11.8. The van der Waals surface area contributed by atoms with E-state index >= 15 is 0 Å². The summed E-state index contributed by atoms with van der Waals surface area (Å²) in [4.78, 5) is 9.20. The van der Waals surface area contributed by atoms with E-state index in [-0.39, 0.29) is 20.1 Å². The summed E-state index contributed by atoms with van der Waals surface area (Å²) < 4.78 is 2.30. The topological polar surface area (TPSA) is 30.7 Å². The number of rotatable bonds is 2. The molecule has 2 aromatic heterocycles. The number of nitrogens with zero attached hydrogens (tertiary/aromatic N) is 3. The molecule has 4 heteroatoms. The number of aryl methyl sites for hydroxylation is 1. The molecule has 1 radical (unpaired) electrons. The monoisotopic (exact) mass is 606 g/mol. The van der Waals surface area contributed by atoms with Gasteiger partial charge in [0.05, 0.1) is 16.9 Å². The summed E-state index contributed by atoms with van der Waals surface area (Å²) in [6.07, 6.45) is 2.25. The Kier molecular flexibility index (Phi) is 6.98. The Hall–Kier alpha value is -3.33. The van der Waals surface area contributed by atoms with Gasteiger partial charge in [-0.05, 0) is 37.2 Å². The van der Waals surface area contributed by atoms with Gasteiger partial charge in [0.15, 0.2) is 0 Å². The van der Waals surface area contributed by atoms with Crippen LogP contribution in [0.15, 0.2) is 90.5 Å². The van der Waals surface area contributed by atoms with Crippen LogP contribution in [0, 0.1) is 19.1 Å². The number of imidazole rings is 1. The molecule has 0 bridgehead atoms. The van der Waals surface area contributed by atoms with Gasteiger partial charge in [0.2, 0.25) is 0 Å². The molecule has 0 atom stereocenters. The number of benzene rings is 3. The molecule has 0 spiro atoms. The molecule has 3 nitrogen and oxygen atoms in total. The van der Waals surface area contributed by atoms with Crippen LogP contribution in [0.2, 0.25) is 0 Å². The summed E-state index contributed by atoms with van der Waals surface area (Å²) in [7, 11) is 0. The molecule has 0 saturated heterocycles. The minimum absolute atomic E-state index is 0. The van der Waals surface area contributed by atoms with E-state index in [0.717, 1.165) is 40.4 Å². The van der Waals surface area contributed by atoms with Crippen LogP contribution in [-0.4, -0.2) is 14.5 Å². The van der Waals surface area contributed by atoms with Crippen LogP contribution in [-0.2, 0) is 26.7 Å². The van der Waals surface area contributed by atoms with Crippen molar-refractivity contribution < 1.29 is 20.1 Å². The Bertz CT molecular complexity index is 1400. The van der Waals surface area contributed by atoms with Gasteiger partial charge in [-0.2, -0.15) is 0 Å². The third-order valence-corrected chi connectivity index (χ3v) is 5.43. The van der Waals surface area contributed by atoms with E-state index in [4.69, 9.17) is 4.98 Å². The Morgan fingerprint density at radius 3 is 2.18 bits per heavy atom. The number of allylic oxidation sites excluding steroid dienone is 1. The number of pyridine rings is 1. The van der Waals surface area contributed by atoms with Crippen molar-refractivity contribution in [1.82, 2.24) is 14.5 Å². The van der Waals surface area contributed by atoms with Crippen LogP contribution in [0.3, 0.4) is 0 Å². The summed E-state index contributed by atoms with van der Waals surface area (Å²) in [6, 6.07) is 34.6. The minimum atomic E-state index is 0. The first kappa shape index (κ1) is 22.8. The number of hydrogen-bond acceptors (Lipinski definition) is 2. The smallest absolute Gasteiger partial charge is 0.0777 e. The molecular weight excluding hydrogens is 583 g/mol. The second-order valence-corrected chi connectivity index (χ2v) is 7.94. The van der Waals surface area contributed by atoms with Crippen LogP contribution in [0.5, 0.6) is 0 Å². The summed E-state index contributed by atoms with van der Waals surface area (Å²) in [6.45, 7) is 5.07. The zero-order valence-corrected chi connectivity index (χ0v) is 20.9. The molecule has 33 heavy (non-hydrogen) atoms. The van der Waals surface area contributed by atoms with Crippen molar-refractivity contribution in [3.8, 4) is 22.6 Å². The predicted molar refractivity (Wildman–Crippen MR) is 131 cm³/mol. The molecule has 0 unspecified atom stereocenters. The van der Waals surface area contributed by atoms with Gasteiger partial charge in [-0.15, -0.1) is 71.8 Å². The maximum absolute atomic E-state index is 4.79. The molecular formula is C29H23IrN3-2. The molecule has 1 aliphatic heterocycles. The van der Waals surface area contributed by atoms with Gasteiger partial charge in [-0.1, -0.05) is 35.9 Å². The number of para-hydroxylation sites is 1. The molecule has 0 fully saturated rings. The minimum Gasteiger partial charge on any atom is -0.360 e. The van der Waals surface area contributed by atoms with Gasteiger partial charge in [0, 0.05) is 32.3 Å². The predicted octanol–water partition coefficient (Wildman–Crippen LogP) is 6.78. The molecule has 0 amide bonds. The summed E-state index contributed by atoms with van der Waals surface area (Å²) in [5.74, 6) is 1.01. The number of hydrogen-bond donors (Lipinski definition) is 0. The van der Waals surface area contributed by atoms with Crippen LogP contribution in [0.25, 0.3) is 39.8 Å². The van der Waals surface area contributed by atoms with E-state index in [1.807, 2.05) is 67.6 Å². The molecule has 1 aliphatic rings. The fraction of sp³-hybridized carbons (Fsp3) is 0.103. The molecule has 5 aromatic rings. The molecule has 0 aliphatic carbocycles. The largest absolute Gasteiger partial charge is 0.360 e. The SMILES string of the molecule is CC1=Cc2cccc3nc(-c4[c-]cccc4)n(c23)C1.Cc1cccc(-c2[c-]cccc2)n1.[Ir]. The first-order chi connectivity index (χ1) is 15.7. The van der Waals surface area contributed by atoms with E-state index in [1.54, 1.807) is 0 Å². The second kappa shape index (κ2) is 10.1.